The quantitative estimate of drug-likeness (QED) is 0.430. The highest BCUT2D eigenvalue weighted by Gasteiger charge is 2.13. The number of nitrogens with zero attached hydrogens (tertiary/aromatic N) is 1. The fraction of sp³-hybridized carbons (Fsp3) is 0.600. The molecule has 0 unspecified atom stereocenters. The third-order valence-electron chi connectivity index (χ3n) is 1.10. The van der Waals surface area contributed by atoms with E-state index in [0.29, 0.717) is 13.2 Å². The lowest BCUT2D eigenvalue weighted by molar-refractivity contribution is -0.134. The summed E-state index contributed by atoms with van der Waals surface area (Å²) in [6.45, 7) is 2.57. The Morgan fingerprint density at radius 1 is 1.88 bits per heavy atom. The van der Waals surface area contributed by atoms with Crippen LogP contribution in [0.1, 0.15) is 0 Å². The summed E-state index contributed by atoms with van der Waals surface area (Å²) in [4.78, 5) is 12.2. The second-order valence-corrected chi connectivity index (χ2v) is 1.75. The molecule has 8 heavy (non-hydrogen) atoms. The number of hydrogen-bond acceptors (Lipinski definition) is 2. The molecular formula is C5H8NO2. The van der Waals surface area contributed by atoms with Gasteiger partial charge in [0.05, 0.1) is 6.61 Å². The summed E-state index contributed by atoms with van der Waals surface area (Å²) in [5, 5.41) is 0. The van der Waals surface area contributed by atoms with E-state index in [-0.39, 0.29) is 5.91 Å². The summed E-state index contributed by atoms with van der Waals surface area (Å²) in [5.41, 5.74) is 0. The third-order valence-corrected chi connectivity index (χ3v) is 1.10. The molecule has 1 rings (SSSR count). The predicted molar refractivity (Wildman–Crippen MR) is 27.9 cm³/mol. The number of carbonyl (C=O) groups is 1. The fourth-order valence-electron chi connectivity index (χ4n) is 0.520. The lowest BCUT2D eigenvalue weighted by atomic mass is 10.4. The van der Waals surface area contributed by atoms with Gasteiger partial charge in [0.2, 0.25) is 0 Å². The zero-order chi connectivity index (χ0) is 5.98. The van der Waals surface area contributed by atoms with E-state index < -0.39 is 0 Å². The van der Waals surface area contributed by atoms with E-state index in [9.17, 15) is 4.79 Å². The average Bonchev–Trinajstić information content (AvgIpc) is 1.77. The predicted octanol–water partition coefficient (Wildman–Crippen LogP) is -0.363. The third kappa shape index (κ3) is 0.980. The van der Waals surface area contributed by atoms with Gasteiger partial charge in [0, 0.05) is 13.6 Å². The molecule has 0 N–H and O–H groups in total. The maximum absolute atomic E-state index is 10.5. The minimum absolute atomic E-state index is 0.0451. The van der Waals surface area contributed by atoms with Gasteiger partial charge in [-0.2, -0.15) is 0 Å². The van der Waals surface area contributed by atoms with Crippen molar-refractivity contribution < 1.29 is 9.53 Å². The molecule has 1 aliphatic rings. The summed E-state index contributed by atoms with van der Waals surface area (Å²) < 4.78 is 4.74. The van der Waals surface area contributed by atoms with Gasteiger partial charge >= 0.3 is 0 Å². The molecular weight excluding hydrogens is 106 g/mol. The number of likely N-dealkylation sites (N-methyl/N-ethyl adjacent to an activating group) is 1. The van der Waals surface area contributed by atoms with Crippen molar-refractivity contribution in [1.82, 2.24) is 4.90 Å². The second kappa shape index (κ2) is 2.13. The van der Waals surface area contributed by atoms with Gasteiger partial charge in [-0.1, -0.05) is 0 Å². The fourth-order valence-corrected chi connectivity index (χ4v) is 0.520. The van der Waals surface area contributed by atoms with Gasteiger partial charge in [-0.15, -0.1) is 0 Å². The maximum atomic E-state index is 10.5. The largest absolute Gasteiger partial charge is 0.363 e. The lowest BCUT2D eigenvalue weighted by Crippen LogP contribution is -2.35. The molecule has 1 radical (unpaired) electrons. The molecule has 1 heterocycles. The van der Waals surface area contributed by atoms with Crippen molar-refractivity contribution in [2.24, 2.45) is 0 Å². The second-order valence-electron chi connectivity index (χ2n) is 1.75. The van der Waals surface area contributed by atoms with Crippen LogP contribution >= 0.6 is 0 Å². The molecule has 0 aromatic carbocycles. The van der Waals surface area contributed by atoms with Crippen molar-refractivity contribution >= 4 is 5.91 Å². The molecule has 0 atom stereocenters. The van der Waals surface area contributed by atoms with Gasteiger partial charge in [-0.3, -0.25) is 4.79 Å². The van der Waals surface area contributed by atoms with Crippen LogP contribution < -0.4 is 0 Å². The number of rotatable bonds is 0. The van der Waals surface area contributed by atoms with Crippen molar-refractivity contribution in [2.75, 3.05) is 20.2 Å². The zero-order valence-corrected chi connectivity index (χ0v) is 4.76. The first-order valence-electron chi connectivity index (χ1n) is 2.50. The molecule has 3 nitrogen and oxygen atoms in total. The summed E-state index contributed by atoms with van der Waals surface area (Å²) in [7, 11) is 1.75. The molecule has 1 aliphatic heterocycles. The van der Waals surface area contributed by atoms with Crippen molar-refractivity contribution in [3.63, 3.8) is 0 Å². The maximum Gasteiger partial charge on any atom is 0.254 e. The van der Waals surface area contributed by atoms with Crippen LogP contribution in [0.2, 0.25) is 0 Å². The molecule has 0 aromatic heterocycles. The highest BCUT2D eigenvalue weighted by Crippen LogP contribution is 1.97. The Kier molecular flexibility index (Phi) is 1.48. The van der Waals surface area contributed by atoms with Gasteiger partial charge in [0.15, 0.2) is 6.61 Å². The van der Waals surface area contributed by atoms with E-state index in [0.717, 1.165) is 0 Å². The molecule has 0 spiro atoms. The van der Waals surface area contributed by atoms with E-state index in [1.165, 1.54) is 6.61 Å². The van der Waals surface area contributed by atoms with Gasteiger partial charge < -0.3 is 9.64 Å². The van der Waals surface area contributed by atoms with Gasteiger partial charge in [-0.25, -0.2) is 0 Å². The van der Waals surface area contributed by atoms with E-state index in [1.54, 1.807) is 11.9 Å². The number of hydrogen-bond donors (Lipinski definition) is 0. The van der Waals surface area contributed by atoms with Crippen LogP contribution in [0.25, 0.3) is 0 Å². The molecule has 3 heteroatoms. The minimum atomic E-state index is -0.0451. The molecule has 0 bridgehead atoms. The van der Waals surface area contributed by atoms with Crippen LogP contribution in [0.3, 0.4) is 0 Å². The van der Waals surface area contributed by atoms with Crippen LogP contribution in [-0.2, 0) is 9.53 Å². The molecule has 1 fully saturated rings. The van der Waals surface area contributed by atoms with Crippen LogP contribution in [-0.4, -0.2) is 31.0 Å². The van der Waals surface area contributed by atoms with E-state index >= 15 is 0 Å². The van der Waals surface area contributed by atoms with Crippen LogP contribution in [0, 0.1) is 6.61 Å². The Morgan fingerprint density at radius 2 is 2.62 bits per heavy atom. The van der Waals surface area contributed by atoms with E-state index in [1.807, 2.05) is 0 Å². The van der Waals surface area contributed by atoms with Crippen LogP contribution in [0.15, 0.2) is 0 Å². The van der Waals surface area contributed by atoms with Crippen LogP contribution in [0.5, 0.6) is 0 Å². The topological polar surface area (TPSA) is 29.5 Å². The highest BCUT2D eigenvalue weighted by atomic mass is 16.5. The first-order chi connectivity index (χ1) is 3.80. The first kappa shape index (κ1) is 5.56. The molecule has 0 aliphatic carbocycles. The van der Waals surface area contributed by atoms with Crippen molar-refractivity contribution in [3.05, 3.63) is 6.61 Å². The molecule has 1 saturated heterocycles. The Bertz CT molecular complexity index is 103. The molecule has 1 amide bonds. The average molecular weight is 114 g/mol. The molecule has 0 aromatic rings. The van der Waals surface area contributed by atoms with Gasteiger partial charge in [-0.05, 0) is 0 Å². The number of carbonyl (C=O) groups excluding carboxylic acids is 1. The smallest absolute Gasteiger partial charge is 0.254 e. The summed E-state index contributed by atoms with van der Waals surface area (Å²) in [6, 6.07) is 0. The van der Waals surface area contributed by atoms with Crippen molar-refractivity contribution in [1.29, 1.82) is 0 Å². The van der Waals surface area contributed by atoms with Crippen molar-refractivity contribution in [3.8, 4) is 0 Å². The SMILES string of the molecule is CN1CCO[CH]C1=O. The van der Waals surface area contributed by atoms with Gasteiger partial charge in [0.1, 0.15) is 0 Å². The highest BCUT2D eigenvalue weighted by molar-refractivity contribution is 5.83. The Labute approximate surface area is 48.2 Å². The lowest BCUT2D eigenvalue weighted by Gasteiger charge is -2.20. The monoisotopic (exact) mass is 114 g/mol. The van der Waals surface area contributed by atoms with Crippen molar-refractivity contribution in [2.45, 2.75) is 0 Å². The normalized spacial score (nSPS) is 21.6. The van der Waals surface area contributed by atoms with Gasteiger partial charge in [0.25, 0.3) is 5.91 Å². The standard InChI is InChI=1S/C5H8NO2/c1-6-2-3-8-4-5(6)7/h4H,2-3H2,1H3. The summed E-state index contributed by atoms with van der Waals surface area (Å²) >= 11 is 0. The molecule has 45 valence electrons. The Balaban J connectivity index is 2.39. The Morgan fingerprint density at radius 3 is 3.00 bits per heavy atom. The number of ether oxygens (including phenoxy) is 1. The Hall–Kier alpha value is -0.570. The van der Waals surface area contributed by atoms with E-state index in [2.05, 4.69) is 0 Å². The molecule has 0 saturated carbocycles. The number of amides is 1. The summed E-state index contributed by atoms with van der Waals surface area (Å²) in [6.07, 6.45) is 0. The first-order valence-corrected chi connectivity index (χ1v) is 2.50. The van der Waals surface area contributed by atoms with Crippen LogP contribution in [0.4, 0.5) is 0 Å². The summed E-state index contributed by atoms with van der Waals surface area (Å²) in [5.74, 6) is -0.0451. The number of morpholine rings is 1. The van der Waals surface area contributed by atoms with E-state index in [4.69, 9.17) is 4.74 Å². The zero-order valence-electron chi connectivity index (χ0n) is 4.76. The minimum Gasteiger partial charge on any atom is -0.363 e.